The molecular weight excluding hydrogens is 219 g/mol. The van der Waals surface area contributed by atoms with E-state index in [4.69, 9.17) is 0 Å². The minimum absolute atomic E-state index is 0.177. The molecule has 0 nitrogen and oxygen atoms in total. The quantitative estimate of drug-likeness (QED) is 0.550. The number of halogens is 2. The molecule has 64 valence electrons. The highest BCUT2D eigenvalue weighted by atomic mass is 79.9. The van der Waals surface area contributed by atoms with Crippen molar-refractivity contribution in [2.75, 3.05) is 0 Å². The molecule has 0 spiro atoms. The van der Waals surface area contributed by atoms with Gasteiger partial charge in [-0.05, 0) is 29.7 Å². The normalized spacial score (nSPS) is 9.83. The fourth-order valence-electron chi connectivity index (χ4n) is 1.08. The minimum Gasteiger partial charge on any atom is -0.207 e. The third-order valence-electron chi connectivity index (χ3n) is 1.55. The Morgan fingerprint density at radius 1 is 1.33 bits per heavy atom. The van der Waals surface area contributed by atoms with Crippen molar-refractivity contribution in [2.45, 2.75) is 11.8 Å². The summed E-state index contributed by atoms with van der Waals surface area (Å²) in [5.41, 5.74) is 1.94. The topological polar surface area (TPSA) is 0 Å². The molecule has 0 radical (unpaired) electrons. The minimum atomic E-state index is -0.177. The molecule has 12 heavy (non-hydrogen) atoms. The van der Waals surface area contributed by atoms with Gasteiger partial charge in [-0.3, -0.25) is 0 Å². The second-order valence-corrected chi connectivity index (χ2v) is 3.15. The van der Waals surface area contributed by atoms with Gasteiger partial charge in [-0.1, -0.05) is 28.1 Å². The molecule has 0 atom stereocenters. The van der Waals surface area contributed by atoms with Crippen molar-refractivity contribution in [1.29, 1.82) is 0 Å². The van der Waals surface area contributed by atoms with Crippen LogP contribution in [-0.2, 0) is 11.8 Å². The Morgan fingerprint density at radius 3 is 2.58 bits per heavy atom. The predicted octanol–water partition coefficient (Wildman–Crippen LogP) is 3.45. The van der Waals surface area contributed by atoms with Gasteiger partial charge < -0.3 is 0 Å². The molecule has 1 rings (SSSR count). The summed E-state index contributed by atoms with van der Waals surface area (Å²) in [5.74, 6) is -0.177. The van der Waals surface area contributed by atoms with Crippen molar-refractivity contribution < 1.29 is 4.39 Å². The average Bonchev–Trinajstić information content (AvgIpc) is 2.04. The third-order valence-corrected chi connectivity index (χ3v) is 2.20. The van der Waals surface area contributed by atoms with Gasteiger partial charge in [-0.15, -0.1) is 6.58 Å². The molecule has 0 saturated heterocycles. The Balaban J connectivity index is 2.97. The lowest BCUT2D eigenvalue weighted by Gasteiger charge is -2.00. The van der Waals surface area contributed by atoms with Crippen LogP contribution < -0.4 is 0 Å². The van der Waals surface area contributed by atoms with Gasteiger partial charge in [0.1, 0.15) is 5.82 Å². The van der Waals surface area contributed by atoms with E-state index in [0.717, 1.165) is 17.5 Å². The van der Waals surface area contributed by atoms with Crippen LogP contribution >= 0.6 is 15.9 Å². The van der Waals surface area contributed by atoms with E-state index in [1.165, 1.54) is 12.1 Å². The smallest absolute Gasteiger partial charge is 0.123 e. The summed E-state index contributed by atoms with van der Waals surface area (Å²) in [4.78, 5) is 0. The molecule has 0 aromatic heterocycles. The highest BCUT2D eigenvalue weighted by Crippen LogP contribution is 2.12. The van der Waals surface area contributed by atoms with E-state index in [-0.39, 0.29) is 5.82 Å². The van der Waals surface area contributed by atoms with Crippen molar-refractivity contribution in [1.82, 2.24) is 0 Å². The lowest BCUT2D eigenvalue weighted by molar-refractivity contribution is 0.624. The predicted molar refractivity (Wildman–Crippen MR) is 52.9 cm³/mol. The van der Waals surface area contributed by atoms with Crippen LogP contribution in [0.3, 0.4) is 0 Å². The summed E-state index contributed by atoms with van der Waals surface area (Å²) in [6.45, 7) is 3.61. The Morgan fingerprint density at radius 2 is 2.00 bits per heavy atom. The van der Waals surface area contributed by atoms with Crippen LogP contribution in [0.15, 0.2) is 30.9 Å². The fraction of sp³-hybridized carbons (Fsp3) is 0.200. The van der Waals surface area contributed by atoms with E-state index in [1.54, 1.807) is 6.08 Å². The highest BCUT2D eigenvalue weighted by Gasteiger charge is 1.97. The summed E-state index contributed by atoms with van der Waals surface area (Å²) in [5, 5.41) is 0.689. The van der Waals surface area contributed by atoms with Gasteiger partial charge in [-0.2, -0.15) is 0 Å². The van der Waals surface area contributed by atoms with E-state index in [0.29, 0.717) is 5.33 Å². The van der Waals surface area contributed by atoms with Crippen LogP contribution in [0.1, 0.15) is 11.1 Å². The summed E-state index contributed by atoms with van der Waals surface area (Å²) >= 11 is 3.28. The maximum Gasteiger partial charge on any atom is 0.123 e. The van der Waals surface area contributed by atoms with Crippen LogP contribution in [0.25, 0.3) is 0 Å². The maximum atomic E-state index is 12.9. The average molecular weight is 229 g/mol. The van der Waals surface area contributed by atoms with Gasteiger partial charge in [-0.25, -0.2) is 4.39 Å². The van der Waals surface area contributed by atoms with Crippen LogP contribution in [0.4, 0.5) is 4.39 Å². The molecule has 0 N–H and O–H groups in total. The summed E-state index contributed by atoms with van der Waals surface area (Å²) in [7, 11) is 0. The van der Waals surface area contributed by atoms with Crippen LogP contribution in [0.2, 0.25) is 0 Å². The molecule has 0 aliphatic carbocycles. The Bertz CT molecular complexity index is 281. The molecule has 1 aromatic rings. The first-order valence-electron chi connectivity index (χ1n) is 3.71. The maximum absolute atomic E-state index is 12.9. The van der Waals surface area contributed by atoms with E-state index in [2.05, 4.69) is 22.5 Å². The first kappa shape index (κ1) is 9.46. The summed E-state index contributed by atoms with van der Waals surface area (Å²) in [6.07, 6.45) is 2.49. The zero-order valence-corrected chi connectivity index (χ0v) is 8.27. The number of hydrogen-bond donors (Lipinski definition) is 0. The lowest BCUT2D eigenvalue weighted by atomic mass is 10.1. The summed E-state index contributed by atoms with van der Waals surface area (Å²) < 4.78 is 12.9. The molecule has 0 fully saturated rings. The molecule has 0 unspecified atom stereocenters. The SMILES string of the molecule is C=CCc1cc(F)cc(CBr)c1. The van der Waals surface area contributed by atoms with Gasteiger partial charge in [0, 0.05) is 5.33 Å². The van der Waals surface area contributed by atoms with Gasteiger partial charge in [0.05, 0.1) is 0 Å². The lowest BCUT2D eigenvalue weighted by Crippen LogP contribution is -1.87. The molecular formula is C10H10BrF. The Labute approximate surface area is 80.2 Å². The van der Waals surface area contributed by atoms with Crippen LogP contribution in [0.5, 0.6) is 0 Å². The molecule has 0 amide bonds. The fourth-order valence-corrected chi connectivity index (χ4v) is 1.40. The van der Waals surface area contributed by atoms with E-state index < -0.39 is 0 Å². The molecule has 2 heteroatoms. The van der Waals surface area contributed by atoms with Crippen molar-refractivity contribution in [3.8, 4) is 0 Å². The monoisotopic (exact) mass is 228 g/mol. The third kappa shape index (κ3) is 2.45. The van der Waals surface area contributed by atoms with Gasteiger partial charge in [0.2, 0.25) is 0 Å². The van der Waals surface area contributed by atoms with E-state index >= 15 is 0 Å². The van der Waals surface area contributed by atoms with Crippen LogP contribution in [-0.4, -0.2) is 0 Å². The van der Waals surface area contributed by atoms with Crippen molar-refractivity contribution in [3.63, 3.8) is 0 Å². The van der Waals surface area contributed by atoms with Crippen molar-refractivity contribution in [2.24, 2.45) is 0 Å². The number of allylic oxidation sites excluding steroid dienone is 1. The molecule has 0 heterocycles. The number of rotatable bonds is 3. The number of benzene rings is 1. The Hall–Kier alpha value is -0.630. The van der Waals surface area contributed by atoms with Gasteiger partial charge in [0.25, 0.3) is 0 Å². The molecule has 1 aromatic carbocycles. The second-order valence-electron chi connectivity index (χ2n) is 2.59. The summed E-state index contributed by atoms with van der Waals surface area (Å²) in [6, 6.07) is 5.04. The molecule has 0 bridgehead atoms. The zero-order chi connectivity index (χ0) is 8.97. The second kappa shape index (κ2) is 4.41. The largest absolute Gasteiger partial charge is 0.207 e. The van der Waals surface area contributed by atoms with Gasteiger partial charge >= 0.3 is 0 Å². The van der Waals surface area contributed by atoms with Crippen molar-refractivity contribution >= 4 is 15.9 Å². The first-order valence-corrected chi connectivity index (χ1v) is 4.83. The molecule has 0 saturated carbocycles. The number of hydrogen-bond acceptors (Lipinski definition) is 0. The highest BCUT2D eigenvalue weighted by molar-refractivity contribution is 9.08. The van der Waals surface area contributed by atoms with Gasteiger partial charge in [0.15, 0.2) is 0 Å². The standard InChI is InChI=1S/C10H10BrF/c1-2-3-8-4-9(7-11)6-10(12)5-8/h2,4-6H,1,3,7H2. The first-order chi connectivity index (χ1) is 5.76. The van der Waals surface area contributed by atoms with Crippen LogP contribution in [0, 0.1) is 5.82 Å². The van der Waals surface area contributed by atoms with E-state index in [9.17, 15) is 4.39 Å². The van der Waals surface area contributed by atoms with E-state index in [1.807, 2.05) is 6.07 Å². The molecule has 0 aliphatic heterocycles. The van der Waals surface area contributed by atoms with Crippen molar-refractivity contribution in [3.05, 3.63) is 47.8 Å². The Kier molecular flexibility index (Phi) is 3.48. The zero-order valence-electron chi connectivity index (χ0n) is 6.69. The molecule has 0 aliphatic rings. The number of alkyl halides is 1.